The molecule has 0 spiro atoms. The molecule has 0 aliphatic carbocycles. The quantitative estimate of drug-likeness (QED) is 0.0967. The van der Waals surface area contributed by atoms with E-state index in [1.807, 2.05) is 0 Å². The van der Waals surface area contributed by atoms with E-state index in [2.05, 4.69) is 13.8 Å². The Balaban J connectivity index is -0.000000279. The molecule has 9 nitrogen and oxygen atoms in total. The van der Waals surface area contributed by atoms with Crippen molar-refractivity contribution in [2.75, 3.05) is 0 Å². The molecular formula is C22H41NNa2O8S. The Morgan fingerprint density at radius 1 is 0.765 bits per heavy atom. The summed E-state index contributed by atoms with van der Waals surface area (Å²) in [5.41, 5.74) is 5.11. The van der Waals surface area contributed by atoms with Gasteiger partial charge in [-0.25, -0.2) is 0 Å². The second kappa shape index (κ2) is 26.4. The molecule has 190 valence electrons. The third-order valence-corrected chi connectivity index (χ3v) is 6.01. The van der Waals surface area contributed by atoms with Crippen LogP contribution in [-0.4, -0.2) is 36.1 Å². The first-order chi connectivity index (χ1) is 14.9. The van der Waals surface area contributed by atoms with E-state index in [0.29, 0.717) is 6.42 Å². The van der Waals surface area contributed by atoms with E-state index in [9.17, 15) is 33.0 Å². The van der Waals surface area contributed by atoms with E-state index in [0.717, 1.165) is 12.3 Å². The first-order valence-corrected chi connectivity index (χ1v) is 13.0. The third-order valence-electron chi connectivity index (χ3n) is 4.93. The van der Waals surface area contributed by atoms with E-state index in [1.54, 1.807) is 0 Å². The number of unbranched alkanes of at least 4 members (excludes halogenated alkanes) is 11. The van der Waals surface area contributed by atoms with Gasteiger partial charge in [0.05, 0.1) is 5.97 Å². The number of carbonyl (C=O) groups excluding carboxylic acids is 3. The van der Waals surface area contributed by atoms with Crippen LogP contribution in [0.3, 0.4) is 0 Å². The minimum atomic E-state index is -4.94. The number of hydrogen-bond acceptors (Lipinski definition) is 7. The SMILES string of the molecule is CC(C)CCCCCCCCCCCCCCC(N)=O.O=C([O-])CC(C(=O)[O-])S(=O)(=O)O.[Na+].[Na+]. The smallest absolute Gasteiger partial charge is 0.550 e. The summed E-state index contributed by atoms with van der Waals surface area (Å²) in [5, 5.41) is 17.3. The number of primary amides is 1. The molecule has 0 saturated heterocycles. The average molecular weight is 526 g/mol. The predicted molar refractivity (Wildman–Crippen MR) is 119 cm³/mol. The minimum Gasteiger partial charge on any atom is -0.550 e. The topological polar surface area (TPSA) is 178 Å². The van der Waals surface area contributed by atoms with Crippen LogP contribution in [0.1, 0.15) is 110 Å². The number of hydrogen-bond donors (Lipinski definition) is 2. The maximum Gasteiger partial charge on any atom is 1.00 e. The van der Waals surface area contributed by atoms with Crippen molar-refractivity contribution in [1.29, 1.82) is 0 Å². The van der Waals surface area contributed by atoms with Crippen LogP contribution >= 0.6 is 0 Å². The van der Waals surface area contributed by atoms with Crippen molar-refractivity contribution in [3.63, 3.8) is 0 Å². The summed E-state index contributed by atoms with van der Waals surface area (Å²) in [4.78, 5) is 30.3. The molecule has 12 heteroatoms. The third kappa shape index (κ3) is 32.3. The first-order valence-electron chi connectivity index (χ1n) is 11.5. The molecule has 0 bridgehead atoms. The van der Waals surface area contributed by atoms with Crippen molar-refractivity contribution in [3.05, 3.63) is 0 Å². The molecule has 0 aromatic rings. The second-order valence-corrected chi connectivity index (χ2v) is 10.1. The fourth-order valence-electron chi connectivity index (χ4n) is 3.08. The molecule has 0 aliphatic heterocycles. The van der Waals surface area contributed by atoms with Gasteiger partial charge in [0.25, 0.3) is 10.1 Å². The van der Waals surface area contributed by atoms with Crippen LogP contribution in [0.2, 0.25) is 0 Å². The number of carbonyl (C=O) groups is 3. The van der Waals surface area contributed by atoms with Crippen LogP contribution in [0.5, 0.6) is 0 Å². The van der Waals surface area contributed by atoms with Gasteiger partial charge >= 0.3 is 59.1 Å². The number of carboxylic acids is 2. The average Bonchev–Trinajstić information content (AvgIpc) is 2.65. The fourth-order valence-corrected chi connectivity index (χ4v) is 3.67. The Morgan fingerprint density at radius 2 is 1.12 bits per heavy atom. The van der Waals surface area contributed by atoms with Crippen molar-refractivity contribution in [2.24, 2.45) is 11.7 Å². The van der Waals surface area contributed by atoms with Crippen LogP contribution in [-0.2, 0) is 24.5 Å². The van der Waals surface area contributed by atoms with Gasteiger partial charge in [-0.15, -0.1) is 0 Å². The van der Waals surface area contributed by atoms with E-state index in [1.165, 1.54) is 77.0 Å². The molecule has 0 aliphatic rings. The summed E-state index contributed by atoms with van der Waals surface area (Å²) in [7, 11) is -4.94. The molecule has 0 heterocycles. The molecule has 34 heavy (non-hydrogen) atoms. The molecule has 0 fully saturated rings. The minimum absolute atomic E-state index is 0. The van der Waals surface area contributed by atoms with Gasteiger partial charge in [0.15, 0.2) is 0 Å². The molecular weight excluding hydrogens is 484 g/mol. The monoisotopic (exact) mass is 525 g/mol. The van der Waals surface area contributed by atoms with Gasteiger partial charge in [0.1, 0.15) is 5.25 Å². The molecule has 0 saturated carbocycles. The Labute approximate surface area is 249 Å². The molecule has 1 atom stereocenters. The summed E-state index contributed by atoms with van der Waals surface area (Å²) in [6, 6.07) is 0. The van der Waals surface area contributed by atoms with Gasteiger partial charge in [0, 0.05) is 18.8 Å². The molecule has 1 unspecified atom stereocenters. The van der Waals surface area contributed by atoms with Crippen LogP contribution in [0.25, 0.3) is 0 Å². The van der Waals surface area contributed by atoms with Crippen molar-refractivity contribution < 1.29 is 96.7 Å². The van der Waals surface area contributed by atoms with E-state index in [4.69, 9.17) is 10.3 Å². The van der Waals surface area contributed by atoms with E-state index < -0.39 is 33.7 Å². The summed E-state index contributed by atoms with van der Waals surface area (Å²) < 4.78 is 28.5. The summed E-state index contributed by atoms with van der Waals surface area (Å²) in [6.07, 6.45) is 16.7. The Bertz CT molecular complexity index is 630. The Morgan fingerprint density at radius 3 is 1.35 bits per heavy atom. The van der Waals surface area contributed by atoms with Gasteiger partial charge in [-0.05, 0) is 12.3 Å². The summed E-state index contributed by atoms with van der Waals surface area (Å²) in [6.45, 7) is 4.63. The standard InChI is InChI=1S/C18H37NO.C4H6O7S.2Na/c1-17(2)15-13-11-9-7-5-3-4-6-8-10-12-14-16-18(19)20;5-3(6)1-2(4(7)8)12(9,10)11;;/h17H,3-16H2,1-2H3,(H2,19,20);2H,1H2,(H,5,6)(H,7,8)(H,9,10,11);;/q;;2*+1/p-2. The number of nitrogens with two attached hydrogens (primary N) is 1. The maximum atomic E-state index is 10.6. The number of carboxylic acid groups (broad SMARTS) is 2. The number of amides is 1. The molecule has 1 amide bonds. The summed E-state index contributed by atoms with van der Waals surface area (Å²) >= 11 is 0. The number of rotatable bonds is 19. The molecule has 0 aromatic heterocycles. The Hall–Kier alpha value is 0.320. The van der Waals surface area contributed by atoms with Crippen molar-refractivity contribution >= 4 is 28.0 Å². The number of aliphatic carboxylic acids is 2. The second-order valence-electron chi connectivity index (χ2n) is 8.54. The van der Waals surface area contributed by atoms with Gasteiger partial charge in [0.2, 0.25) is 5.91 Å². The van der Waals surface area contributed by atoms with Crippen LogP contribution < -0.4 is 75.1 Å². The fraction of sp³-hybridized carbons (Fsp3) is 0.864. The largest absolute Gasteiger partial charge is 1.00 e. The van der Waals surface area contributed by atoms with Crippen molar-refractivity contribution in [3.8, 4) is 0 Å². The van der Waals surface area contributed by atoms with Crippen LogP contribution in [0, 0.1) is 5.92 Å². The zero-order valence-corrected chi connectivity index (χ0v) is 26.4. The molecule has 3 N–H and O–H groups in total. The Kier molecular flexibility index (Phi) is 32.2. The first kappa shape index (κ1) is 41.4. The zero-order chi connectivity index (χ0) is 25.0. The van der Waals surface area contributed by atoms with Gasteiger partial charge in [-0.3, -0.25) is 9.35 Å². The predicted octanol–water partition coefficient (Wildman–Crippen LogP) is -4.27. The van der Waals surface area contributed by atoms with E-state index >= 15 is 0 Å². The normalized spacial score (nSPS) is 11.4. The molecule has 0 radical (unpaired) electrons. The zero-order valence-electron chi connectivity index (χ0n) is 21.6. The maximum absolute atomic E-state index is 10.6. The van der Waals surface area contributed by atoms with Gasteiger partial charge in [-0.2, -0.15) is 8.42 Å². The molecule has 0 rings (SSSR count). The van der Waals surface area contributed by atoms with Gasteiger partial charge in [-0.1, -0.05) is 90.9 Å². The van der Waals surface area contributed by atoms with Gasteiger partial charge < -0.3 is 25.5 Å². The van der Waals surface area contributed by atoms with Crippen molar-refractivity contribution in [2.45, 2.75) is 115 Å². The van der Waals surface area contributed by atoms with Crippen LogP contribution in [0.15, 0.2) is 0 Å². The van der Waals surface area contributed by atoms with Crippen LogP contribution in [0.4, 0.5) is 0 Å². The summed E-state index contributed by atoms with van der Waals surface area (Å²) in [5.74, 6) is -3.36. The van der Waals surface area contributed by atoms with Crippen molar-refractivity contribution in [1.82, 2.24) is 0 Å². The van der Waals surface area contributed by atoms with E-state index in [-0.39, 0.29) is 65.0 Å². The molecule has 0 aromatic carbocycles.